The Morgan fingerprint density at radius 2 is 2.11 bits per heavy atom. The molecule has 2 rings (SSSR count). The van der Waals surface area contributed by atoms with Crippen LogP contribution in [0.1, 0.15) is 39.2 Å². The maximum Gasteiger partial charge on any atom is 0.0409 e. The van der Waals surface area contributed by atoms with Gasteiger partial charge in [-0.05, 0) is 37.5 Å². The Morgan fingerprint density at radius 3 is 2.74 bits per heavy atom. The van der Waals surface area contributed by atoms with Gasteiger partial charge in [0.05, 0.1) is 0 Å². The van der Waals surface area contributed by atoms with Crippen LogP contribution < -0.4 is 5.32 Å². The van der Waals surface area contributed by atoms with Gasteiger partial charge in [-0.1, -0.05) is 37.6 Å². The van der Waals surface area contributed by atoms with E-state index in [9.17, 15) is 0 Å². The van der Waals surface area contributed by atoms with Gasteiger partial charge in [-0.2, -0.15) is 0 Å². The number of nitrogens with one attached hydrogen (secondary N) is 1. The molecule has 0 saturated carbocycles. The average Bonchev–Trinajstić information content (AvgIpc) is 2.42. The summed E-state index contributed by atoms with van der Waals surface area (Å²) in [6, 6.07) is 8.80. The zero-order valence-electron chi connectivity index (χ0n) is 12.2. The van der Waals surface area contributed by atoms with E-state index in [0.717, 1.165) is 24.7 Å². The summed E-state index contributed by atoms with van der Waals surface area (Å²) in [5.41, 5.74) is 1.59. The number of nitrogens with zero attached hydrogens (tertiary/aromatic N) is 1. The molecule has 19 heavy (non-hydrogen) atoms. The summed E-state index contributed by atoms with van der Waals surface area (Å²) in [6.45, 7) is 10.0. The van der Waals surface area contributed by atoms with Gasteiger partial charge >= 0.3 is 0 Å². The van der Waals surface area contributed by atoms with Crippen LogP contribution >= 0.6 is 11.6 Å². The van der Waals surface area contributed by atoms with Crippen molar-refractivity contribution in [3.8, 4) is 0 Å². The molecule has 0 radical (unpaired) electrons. The topological polar surface area (TPSA) is 15.3 Å². The van der Waals surface area contributed by atoms with Crippen LogP contribution in [0.2, 0.25) is 5.02 Å². The number of hydrogen-bond acceptors (Lipinski definition) is 2. The largest absolute Gasteiger partial charge is 0.308 e. The molecule has 1 aromatic rings. The van der Waals surface area contributed by atoms with Crippen molar-refractivity contribution in [3.63, 3.8) is 0 Å². The fraction of sp³-hybridized carbons (Fsp3) is 0.625. The monoisotopic (exact) mass is 280 g/mol. The molecular weight excluding hydrogens is 256 g/mol. The molecule has 1 atom stereocenters. The molecule has 0 bridgehead atoms. The van der Waals surface area contributed by atoms with Crippen molar-refractivity contribution < 1.29 is 0 Å². The van der Waals surface area contributed by atoms with Gasteiger partial charge in [0.25, 0.3) is 0 Å². The van der Waals surface area contributed by atoms with E-state index in [0.29, 0.717) is 6.04 Å². The van der Waals surface area contributed by atoms with Gasteiger partial charge in [0.15, 0.2) is 0 Å². The first-order valence-electron chi connectivity index (χ1n) is 7.32. The number of hydrogen-bond donors (Lipinski definition) is 1. The molecule has 1 aliphatic heterocycles. The van der Waals surface area contributed by atoms with Crippen LogP contribution in [0.5, 0.6) is 0 Å². The number of benzene rings is 1. The van der Waals surface area contributed by atoms with E-state index in [1.807, 2.05) is 12.1 Å². The minimum Gasteiger partial charge on any atom is -0.308 e. The Balaban J connectivity index is 2.09. The van der Waals surface area contributed by atoms with Crippen molar-refractivity contribution in [1.82, 2.24) is 10.2 Å². The highest BCUT2D eigenvalue weighted by atomic mass is 35.5. The van der Waals surface area contributed by atoms with Crippen molar-refractivity contribution in [2.24, 2.45) is 0 Å². The fourth-order valence-corrected chi connectivity index (χ4v) is 3.11. The fourth-order valence-electron chi connectivity index (χ4n) is 2.90. The lowest BCUT2D eigenvalue weighted by molar-refractivity contribution is 0.0746. The standard InChI is InChI=1S/C16H25ClN2/c1-4-16(5-2)12-19(13(3)10-18-16)11-14-7-6-8-15(17)9-14/h6-9,13,18H,4-5,10-12H2,1-3H3. The third-order valence-electron chi connectivity index (χ3n) is 4.53. The molecule has 1 heterocycles. The summed E-state index contributed by atoms with van der Waals surface area (Å²) in [4.78, 5) is 2.58. The lowest BCUT2D eigenvalue weighted by atomic mass is 9.88. The van der Waals surface area contributed by atoms with Gasteiger partial charge in [0.2, 0.25) is 0 Å². The van der Waals surface area contributed by atoms with Gasteiger partial charge < -0.3 is 5.32 Å². The maximum atomic E-state index is 6.08. The SMILES string of the molecule is CCC1(CC)CN(Cc2cccc(Cl)c2)C(C)CN1. The molecule has 2 nitrogen and oxygen atoms in total. The molecule has 0 aliphatic carbocycles. The Hall–Kier alpha value is -0.570. The van der Waals surface area contributed by atoms with E-state index in [-0.39, 0.29) is 5.54 Å². The van der Waals surface area contributed by atoms with Crippen LogP contribution in [-0.4, -0.2) is 29.6 Å². The molecule has 3 heteroatoms. The van der Waals surface area contributed by atoms with Crippen molar-refractivity contribution in [2.45, 2.75) is 51.7 Å². The molecule has 0 spiro atoms. The first-order chi connectivity index (χ1) is 9.08. The van der Waals surface area contributed by atoms with E-state index in [1.54, 1.807) is 0 Å². The molecule has 1 saturated heterocycles. The summed E-state index contributed by atoms with van der Waals surface area (Å²) in [7, 11) is 0. The third kappa shape index (κ3) is 3.50. The highest BCUT2D eigenvalue weighted by Crippen LogP contribution is 2.24. The molecule has 0 aromatic heterocycles. The van der Waals surface area contributed by atoms with Crippen molar-refractivity contribution >= 4 is 11.6 Å². The maximum absolute atomic E-state index is 6.08. The van der Waals surface area contributed by atoms with Crippen molar-refractivity contribution in [3.05, 3.63) is 34.9 Å². The van der Waals surface area contributed by atoms with Crippen molar-refractivity contribution in [1.29, 1.82) is 0 Å². The van der Waals surface area contributed by atoms with Crippen LogP contribution in [-0.2, 0) is 6.54 Å². The van der Waals surface area contributed by atoms with Crippen LogP contribution in [0.3, 0.4) is 0 Å². The van der Waals surface area contributed by atoms with E-state index in [2.05, 4.69) is 43.1 Å². The first-order valence-corrected chi connectivity index (χ1v) is 7.70. The van der Waals surface area contributed by atoms with Crippen molar-refractivity contribution in [2.75, 3.05) is 13.1 Å². The first kappa shape index (κ1) is 14.8. The number of halogens is 1. The van der Waals surface area contributed by atoms with E-state index in [1.165, 1.54) is 18.4 Å². The van der Waals surface area contributed by atoms with Gasteiger partial charge in [-0.15, -0.1) is 0 Å². The molecule has 1 fully saturated rings. The summed E-state index contributed by atoms with van der Waals surface area (Å²) in [5, 5.41) is 4.57. The molecule has 0 amide bonds. The zero-order chi connectivity index (χ0) is 13.9. The molecular formula is C16H25ClN2. The van der Waals surface area contributed by atoms with Crippen LogP contribution in [0.15, 0.2) is 24.3 Å². The predicted octanol–water partition coefficient (Wildman–Crippen LogP) is 3.69. The Bertz CT molecular complexity index is 415. The Morgan fingerprint density at radius 1 is 1.37 bits per heavy atom. The van der Waals surface area contributed by atoms with Crippen LogP contribution in [0.25, 0.3) is 0 Å². The molecule has 1 N–H and O–H groups in total. The minimum atomic E-state index is 0.283. The highest BCUT2D eigenvalue weighted by molar-refractivity contribution is 6.30. The van der Waals surface area contributed by atoms with E-state index < -0.39 is 0 Å². The third-order valence-corrected chi connectivity index (χ3v) is 4.76. The normalized spacial score (nSPS) is 23.5. The van der Waals surface area contributed by atoms with Gasteiger partial charge in [-0.25, -0.2) is 0 Å². The van der Waals surface area contributed by atoms with Crippen LogP contribution in [0.4, 0.5) is 0 Å². The second-order valence-corrected chi connectivity index (χ2v) is 6.19. The minimum absolute atomic E-state index is 0.283. The van der Waals surface area contributed by atoms with E-state index in [4.69, 9.17) is 11.6 Å². The Kier molecular flexibility index (Phi) is 4.88. The zero-order valence-corrected chi connectivity index (χ0v) is 13.0. The van der Waals surface area contributed by atoms with E-state index >= 15 is 0 Å². The molecule has 106 valence electrons. The van der Waals surface area contributed by atoms with Gasteiger partial charge in [-0.3, -0.25) is 4.90 Å². The summed E-state index contributed by atoms with van der Waals surface area (Å²) in [6.07, 6.45) is 2.37. The predicted molar refractivity (Wildman–Crippen MR) is 82.6 cm³/mol. The number of piperazine rings is 1. The molecule has 1 aromatic carbocycles. The smallest absolute Gasteiger partial charge is 0.0409 e. The summed E-state index contributed by atoms with van der Waals surface area (Å²) < 4.78 is 0. The number of rotatable bonds is 4. The second kappa shape index (κ2) is 6.25. The summed E-state index contributed by atoms with van der Waals surface area (Å²) >= 11 is 6.08. The van der Waals surface area contributed by atoms with Crippen LogP contribution in [0, 0.1) is 0 Å². The lowest BCUT2D eigenvalue weighted by Crippen LogP contribution is -2.62. The lowest BCUT2D eigenvalue weighted by Gasteiger charge is -2.46. The highest BCUT2D eigenvalue weighted by Gasteiger charge is 2.34. The quantitative estimate of drug-likeness (QED) is 0.905. The second-order valence-electron chi connectivity index (χ2n) is 5.75. The Labute approximate surface area is 122 Å². The molecule has 1 aliphatic rings. The average molecular weight is 281 g/mol. The molecule has 1 unspecified atom stereocenters. The van der Waals surface area contributed by atoms with Gasteiger partial charge in [0.1, 0.15) is 0 Å². The van der Waals surface area contributed by atoms with Gasteiger partial charge in [0, 0.05) is 36.2 Å². The summed E-state index contributed by atoms with van der Waals surface area (Å²) in [5.74, 6) is 0.